The fourth-order valence-electron chi connectivity index (χ4n) is 1.88. The smallest absolute Gasteiger partial charge is 0.144 e. The van der Waals surface area contributed by atoms with Crippen LogP contribution in [-0.4, -0.2) is 13.2 Å². The van der Waals surface area contributed by atoms with E-state index in [0.717, 1.165) is 23.9 Å². The summed E-state index contributed by atoms with van der Waals surface area (Å²) in [6, 6.07) is 5.88. The van der Waals surface area contributed by atoms with Gasteiger partial charge >= 0.3 is 0 Å². The van der Waals surface area contributed by atoms with Gasteiger partial charge < -0.3 is 15.8 Å². The minimum absolute atomic E-state index is 0.641. The van der Waals surface area contributed by atoms with Crippen LogP contribution in [0.5, 0.6) is 5.75 Å². The van der Waals surface area contributed by atoms with Crippen LogP contribution in [0.2, 0.25) is 0 Å². The zero-order chi connectivity index (χ0) is 13.4. The molecule has 0 aliphatic heterocycles. The lowest BCUT2D eigenvalue weighted by Gasteiger charge is -2.13. The first-order valence-corrected chi connectivity index (χ1v) is 6.90. The van der Waals surface area contributed by atoms with Crippen molar-refractivity contribution in [3.8, 4) is 5.75 Å². The van der Waals surface area contributed by atoms with E-state index >= 15 is 0 Å². The Bertz CT molecular complexity index is 350. The molecule has 3 N–H and O–H groups in total. The third-order valence-electron chi connectivity index (χ3n) is 2.89. The zero-order valence-electron chi connectivity index (χ0n) is 11.8. The minimum Gasteiger partial charge on any atom is -0.492 e. The van der Waals surface area contributed by atoms with Crippen molar-refractivity contribution in [2.75, 3.05) is 24.2 Å². The maximum atomic E-state index is 6.04. The molecule has 0 saturated heterocycles. The Hall–Kier alpha value is -1.38. The third kappa shape index (κ3) is 4.86. The van der Waals surface area contributed by atoms with Crippen molar-refractivity contribution in [3.05, 3.63) is 18.2 Å². The standard InChI is InChI=1S/C15H26N2O/c1-4-18-14-10-7-9-13(15(14)16)17-11-6-5-8-12(2)3/h7,9-10,12,17H,4-6,8,11,16H2,1-3H3. The van der Waals surface area contributed by atoms with Crippen molar-refractivity contribution >= 4 is 11.4 Å². The quantitative estimate of drug-likeness (QED) is 0.543. The molecule has 0 atom stereocenters. The lowest BCUT2D eigenvalue weighted by molar-refractivity contribution is 0.342. The highest BCUT2D eigenvalue weighted by atomic mass is 16.5. The normalized spacial score (nSPS) is 10.7. The predicted octanol–water partition coefficient (Wildman–Crippen LogP) is 3.91. The van der Waals surface area contributed by atoms with Crippen molar-refractivity contribution < 1.29 is 4.74 Å². The molecule has 0 aliphatic carbocycles. The van der Waals surface area contributed by atoms with Crippen molar-refractivity contribution in [2.45, 2.75) is 40.0 Å². The van der Waals surface area contributed by atoms with E-state index < -0.39 is 0 Å². The Labute approximate surface area is 111 Å². The highest BCUT2D eigenvalue weighted by Crippen LogP contribution is 2.29. The summed E-state index contributed by atoms with van der Waals surface area (Å²) in [5.74, 6) is 1.56. The Morgan fingerprint density at radius 1 is 1.28 bits per heavy atom. The maximum absolute atomic E-state index is 6.04. The van der Waals surface area contributed by atoms with Gasteiger partial charge in [-0.2, -0.15) is 0 Å². The van der Waals surface area contributed by atoms with Gasteiger partial charge in [-0.1, -0.05) is 32.8 Å². The third-order valence-corrected chi connectivity index (χ3v) is 2.89. The van der Waals surface area contributed by atoms with E-state index in [2.05, 4.69) is 19.2 Å². The van der Waals surface area contributed by atoms with E-state index in [1.165, 1.54) is 19.3 Å². The van der Waals surface area contributed by atoms with Crippen molar-refractivity contribution in [1.29, 1.82) is 0 Å². The highest BCUT2D eigenvalue weighted by molar-refractivity contribution is 5.72. The lowest BCUT2D eigenvalue weighted by atomic mass is 10.1. The van der Waals surface area contributed by atoms with Gasteiger partial charge in [-0.15, -0.1) is 0 Å². The molecule has 0 radical (unpaired) electrons. The predicted molar refractivity (Wildman–Crippen MR) is 79.2 cm³/mol. The molecule has 0 spiro atoms. The Balaban J connectivity index is 2.40. The molecule has 1 aromatic carbocycles. The molecule has 18 heavy (non-hydrogen) atoms. The molecule has 0 heterocycles. The summed E-state index contributed by atoms with van der Waals surface area (Å²) in [5, 5.41) is 3.38. The van der Waals surface area contributed by atoms with E-state index in [-0.39, 0.29) is 0 Å². The van der Waals surface area contributed by atoms with E-state index in [1.807, 2.05) is 25.1 Å². The minimum atomic E-state index is 0.641. The van der Waals surface area contributed by atoms with Crippen LogP contribution in [0.25, 0.3) is 0 Å². The molecule has 0 aliphatic rings. The zero-order valence-corrected chi connectivity index (χ0v) is 11.8. The first kappa shape index (κ1) is 14.7. The fraction of sp³-hybridized carbons (Fsp3) is 0.600. The van der Waals surface area contributed by atoms with E-state index in [0.29, 0.717) is 12.3 Å². The Morgan fingerprint density at radius 2 is 2.06 bits per heavy atom. The summed E-state index contributed by atoms with van der Waals surface area (Å²) in [6.45, 7) is 8.09. The SMILES string of the molecule is CCOc1cccc(NCCCCC(C)C)c1N. The van der Waals surface area contributed by atoms with E-state index in [1.54, 1.807) is 0 Å². The number of unbranched alkanes of at least 4 members (excludes halogenated alkanes) is 1. The Morgan fingerprint density at radius 3 is 2.72 bits per heavy atom. The van der Waals surface area contributed by atoms with Crippen LogP contribution >= 0.6 is 0 Å². The van der Waals surface area contributed by atoms with Crippen LogP contribution in [0.1, 0.15) is 40.0 Å². The first-order valence-electron chi connectivity index (χ1n) is 6.90. The number of ether oxygens (including phenoxy) is 1. The number of nitrogens with one attached hydrogen (secondary N) is 1. The number of hydrogen-bond acceptors (Lipinski definition) is 3. The van der Waals surface area contributed by atoms with Gasteiger partial charge in [0.2, 0.25) is 0 Å². The van der Waals surface area contributed by atoms with Crippen LogP contribution in [0.4, 0.5) is 11.4 Å². The number of para-hydroxylation sites is 1. The van der Waals surface area contributed by atoms with Crippen LogP contribution in [-0.2, 0) is 0 Å². The van der Waals surface area contributed by atoms with E-state index in [4.69, 9.17) is 10.5 Å². The fourth-order valence-corrected chi connectivity index (χ4v) is 1.88. The average Bonchev–Trinajstić information content (AvgIpc) is 2.33. The van der Waals surface area contributed by atoms with Crippen molar-refractivity contribution in [3.63, 3.8) is 0 Å². The average molecular weight is 250 g/mol. The van der Waals surface area contributed by atoms with Gasteiger partial charge in [0, 0.05) is 6.54 Å². The summed E-state index contributed by atoms with van der Waals surface area (Å²) in [5.41, 5.74) is 7.73. The monoisotopic (exact) mass is 250 g/mol. The number of anilines is 2. The van der Waals surface area contributed by atoms with Crippen molar-refractivity contribution in [1.82, 2.24) is 0 Å². The first-order chi connectivity index (χ1) is 8.65. The molecule has 0 fully saturated rings. The van der Waals surface area contributed by atoms with Gasteiger partial charge in [-0.25, -0.2) is 0 Å². The second-order valence-electron chi connectivity index (χ2n) is 4.97. The second kappa shape index (κ2) is 7.85. The number of rotatable bonds is 8. The molecule has 0 amide bonds. The Kier molecular flexibility index (Phi) is 6.40. The largest absolute Gasteiger partial charge is 0.492 e. The van der Waals surface area contributed by atoms with Crippen LogP contribution in [0.3, 0.4) is 0 Å². The molecular formula is C15H26N2O. The molecule has 0 unspecified atom stereocenters. The number of nitrogen functional groups attached to an aromatic ring is 1. The summed E-state index contributed by atoms with van der Waals surface area (Å²) in [4.78, 5) is 0. The summed E-state index contributed by atoms with van der Waals surface area (Å²) >= 11 is 0. The van der Waals surface area contributed by atoms with Crippen LogP contribution in [0.15, 0.2) is 18.2 Å². The molecule has 3 nitrogen and oxygen atoms in total. The maximum Gasteiger partial charge on any atom is 0.144 e. The van der Waals surface area contributed by atoms with Gasteiger partial charge in [0.1, 0.15) is 5.75 Å². The molecule has 1 rings (SSSR count). The van der Waals surface area contributed by atoms with Gasteiger partial charge in [-0.3, -0.25) is 0 Å². The topological polar surface area (TPSA) is 47.3 Å². The van der Waals surface area contributed by atoms with Gasteiger partial charge in [0.25, 0.3) is 0 Å². The van der Waals surface area contributed by atoms with Gasteiger partial charge in [-0.05, 0) is 31.4 Å². The molecular weight excluding hydrogens is 224 g/mol. The molecule has 1 aromatic rings. The molecule has 0 bridgehead atoms. The summed E-state index contributed by atoms with van der Waals surface area (Å²) in [6.07, 6.45) is 3.72. The molecule has 0 saturated carbocycles. The van der Waals surface area contributed by atoms with Crippen LogP contribution < -0.4 is 15.8 Å². The summed E-state index contributed by atoms with van der Waals surface area (Å²) in [7, 11) is 0. The number of benzene rings is 1. The van der Waals surface area contributed by atoms with Gasteiger partial charge in [0.15, 0.2) is 0 Å². The summed E-state index contributed by atoms with van der Waals surface area (Å²) < 4.78 is 5.47. The molecule has 0 aromatic heterocycles. The number of hydrogen-bond donors (Lipinski definition) is 2. The molecule has 3 heteroatoms. The second-order valence-corrected chi connectivity index (χ2v) is 4.97. The van der Waals surface area contributed by atoms with E-state index in [9.17, 15) is 0 Å². The number of nitrogens with two attached hydrogens (primary N) is 1. The van der Waals surface area contributed by atoms with Crippen molar-refractivity contribution in [2.24, 2.45) is 5.92 Å². The lowest BCUT2D eigenvalue weighted by Crippen LogP contribution is -2.06. The highest BCUT2D eigenvalue weighted by Gasteiger charge is 2.04. The molecule has 102 valence electrons. The van der Waals surface area contributed by atoms with Gasteiger partial charge in [0.05, 0.1) is 18.0 Å². The van der Waals surface area contributed by atoms with Crippen LogP contribution in [0, 0.1) is 5.92 Å².